The van der Waals surface area contributed by atoms with E-state index in [1.54, 1.807) is 18.2 Å². The Labute approximate surface area is 213 Å². The molecule has 0 radical (unpaired) electrons. The van der Waals surface area contributed by atoms with Gasteiger partial charge in [-0.1, -0.05) is 60.7 Å². The van der Waals surface area contributed by atoms with Crippen molar-refractivity contribution in [1.29, 1.82) is 0 Å². The van der Waals surface area contributed by atoms with E-state index in [-0.39, 0.29) is 17.9 Å². The van der Waals surface area contributed by atoms with Crippen LogP contribution in [0.5, 0.6) is 17.2 Å². The molecule has 9 heteroatoms. The molecule has 0 unspecified atom stereocenters. The zero-order valence-corrected chi connectivity index (χ0v) is 20.8. The number of halogens is 3. The summed E-state index contributed by atoms with van der Waals surface area (Å²) in [7, 11) is -2.28. The molecule has 0 saturated carbocycles. The van der Waals surface area contributed by atoms with Crippen LogP contribution in [-0.4, -0.2) is 21.8 Å². The molecule has 192 valence electrons. The van der Waals surface area contributed by atoms with Crippen LogP contribution in [0.1, 0.15) is 11.1 Å². The van der Waals surface area contributed by atoms with Crippen LogP contribution in [-0.2, 0) is 22.9 Å². The lowest BCUT2D eigenvalue weighted by Crippen LogP contribution is -2.08. The van der Waals surface area contributed by atoms with E-state index in [4.69, 9.17) is 13.7 Å². The van der Waals surface area contributed by atoms with Gasteiger partial charge in [0.1, 0.15) is 12.4 Å². The van der Waals surface area contributed by atoms with Crippen molar-refractivity contribution in [1.82, 2.24) is 0 Å². The van der Waals surface area contributed by atoms with Gasteiger partial charge < -0.3 is 13.7 Å². The van der Waals surface area contributed by atoms with E-state index < -0.39 is 21.9 Å². The van der Waals surface area contributed by atoms with Gasteiger partial charge in [0.2, 0.25) is 0 Å². The van der Waals surface area contributed by atoms with Crippen LogP contribution < -0.4 is 13.7 Å². The van der Waals surface area contributed by atoms with Gasteiger partial charge in [0, 0.05) is 0 Å². The molecule has 0 aromatic heterocycles. The van der Waals surface area contributed by atoms with Gasteiger partial charge in [-0.25, -0.2) is 0 Å². The molecule has 0 aliphatic carbocycles. The molecule has 0 aliphatic heterocycles. The summed E-state index contributed by atoms with van der Waals surface area (Å²) in [5, 5.41) is 0. The van der Waals surface area contributed by atoms with Crippen molar-refractivity contribution in [2.75, 3.05) is 13.4 Å². The van der Waals surface area contributed by atoms with Gasteiger partial charge in [0.25, 0.3) is 0 Å². The zero-order chi connectivity index (χ0) is 26.6. The summed E-state index contributed by atoms with van der Waals surface area (Å²) < 4.78 is 80.9. The molecule has 0 fully saturated rings. The van der Waals surface area contributed by atoms with Crippen LogP contribution in [0.25, 0.3) is 22.3 Å². The summed E-state index contributed by atoms with van der Waals surface area (Å²) in [6.07, 6.45) is -3.72. The van der Waals surface area contributed by atoms with Gasteiger partial charge in [-0.3, -0.25) is 0 Å². The van der Waals surface area contributed by atoms with E-state index in [9.17, 15) is 21.6 Å². The average molecular weight is 529 g/mol. The molecule has 0 N–H and O–H groups in total. The maximum atomic E-state index is 14.1. The highest BCUT2D eigenvalue weighted by Gasteiger charge is 2.34. The van der Waals surface area contributed by atoms with Crippen LogP contribution in [0.2, 0.25) is 0 Å². The van der Waals surface area contributed by atoms with Gasteiger partial charge >= 0.3 is 16.3 Å². The summed E-state index contributed by atoms with van der Waals surface area (Å²) in [5.41, 5.74) is 1.22. The quantitative estimate of drug-likeness (QED) is 0.231. The van der Waals surface area contributed by atoms with Crippen molar-refractivity contribution in [3.05, 3.63) is 102 Å². The fraction of sp³-hybridized carbons (Fsp3) is 0.143. The van der Waals surface area contributed by atoms with E-state index >= 15 is 0 Å². The summed E-state index contributed by atoms with van der Waals surface area (Å²) in [6, 6.07) is 24.0. The Balaban J connectivity index is 1.65. The Bertz CT molecular complexity index is 1480. The molecule has 0 aliphatic rings. The third-order valence-corrected chi connectivity index (χ3v) is 5.97. The Morgan fingerprint density at radius 1 is 0.757 bits per heavy atom. The monoisotopic (exact) mass is 528 g/mol. The van der Waals surface area contributed by atoms with Crippen molar-refractivity contribution in [2.45, 2.75) is 12.8 Å². The van der Waals surface area contributed by atoms with Crippen molar-refractivity contribution in [2.24, 2.45) is 0 Å². The molecule has 4 aromatic carbocycles. The van der Waals surface area contributed by atoms with E-state index in [2.05, 4.69) is 0 Å². The fourth-order valence-corrected chi connectivity index (χ4v) is 4.24. The van der Waals surface area contributed by atoms with Gasteiger partial charge in [0.15, 0.2) is 11.5 Å². The Morgan fingerprint density at radius 3 is 2.03 bits per heavy atom. The SMILES string of the molecule is COc1cc(-c2ccc(-c3ccc(OS(C)(=O)=O)cc3)cc2C(F)(F)F)ccc1OCc1ccccc1. The first-order chi connectivity index (χ1) is 17.5. The molecule has 4 rings (SSSR count). The molecule has 0 amide bonds. The number of rotatable bonds is 8. The third-order valence-electron chi connectivity index (χ3n) is 5.47. The molecule has 0 heterocycles. The molecule has 0 spiro atoms. The predicted octanol–water partition coefficient (Wildman–Crippen LogP) is 6.97. The van der Waals surface area contributed by atoms with Crippen molar-refractivity contribution < 1.29 is 35.2 Å². The number of methoxy groups -OCH3 is 1. The lowest BCUT2D eigenvalue weighted by molar-refractivity contribution is -0.137. The first kappa shape index (κ1) is 26.1. The Kier molecular flexibility index (Phi) is 7.45. The van der Waals surface area contributed by atoms with Gasteiger partial charge in [-0.2, -0.15) is 21.6 Å². The number of alkyl halides is 3. The molecular formula is C28H23F3O5S. The van der Waals surface area contributed by atoms with Gasteiger partial charge in [-0.05, 0) is 58.1 Å². The first-order valence-electron chi connectivity index (χ1n) is 11.1. The zero-order valence-electron chi connectivity index (χ0n) is 20.0. The molecule has 5 nitrogen and oxygen atoms in total. The van der Waals surface area contributed by atoms with Crippen LogP contribution in [0, 0.1) is 0 Å². The van der Waals surface area contributed by atoms with Gasteiger partial charge in [-0.15, -0.1) is 0 Å². The lowest BCUT2D eigenvalue weighted by atomic mass is 9.94. The van der Waals surface area contributed by atoms with E-state index in [1.165, 1.54) is 43.5 Å². The second kappa shape index (κ2) is 10.6. The topological polar surface area (TPSA) is 61.8 Å². The highest BCUT2D eigenvalue weighted by atomic mass is 32.2. The highest BCUT2D eigenvalue weighted by Crippen LogP contribution is 2.42. The van der Waals surface area contributed by atoms with Crippen molar-refractivity contribution in [3.8, 4) is 39.5 Å². The average Bonchev–Trinajstić information content (AvgIpc) is 2.86. The Morgan fingerprint density at radius 2 is 1.41 bits per heavy atom. The minimum absolute atomic E-state index is 0.0128. The van der Waals surface area contributed by atoms with Crippen LogP contribution >= 0.6 is 0 Å². The van der Waals surface area contributed by atoms with E-state index in [0.717, 1.165) is 17.9 Å². The molecular weight excluding hydrogens is 505 g/mol. The van der Waals surface area contributed by atoms with Crippen molar-refractivity contribution >= 4 is 10.1 Å². The van der Waals surface area contributed by atoms with Crippen molar-refractivity contribution in [3.63, 3.8) is 0 Å². The second-order valence-corrected chi connectivity index (χ2v) is 9.78. The molecule has 0 bridgehead atoms. The number of benzene rings is 4. The van der Waals surface area contributed by atoms with Crippen LogP contribution in [0.15, 0.2) is 91.0 Å². The lowest BCUT2D eigenvalue weighted by Gasteiger charge is -2.17. The summed E-state index contributed by atoms with van der Waals surface area (Å²) in [6.45, 7) is 0.285. The normalized spacial score (nSPS) is 11.7. The third kappa shape index (κ3) is 6.62. The molecule has 0 atom stereocenters. The smallest absolute Gasteiger partial charge is 0.417 e. The molecule has 0 saturated heterocycles. The Hall–Kier alpha value is -3.98. The minimum atomic E-state index is -4.62. The van der Waals surface area contributed by atoms with E-state index in [0.29, 0.717) is 28.2 Å². The first-order valence-corrected chi connectivity index (χ1v) is 12.9. The summed E-state index contributed by atoms with van der Waals surface area (Å²) in [5.74, 6) is 0.796. The van der Waals surface area contributed by atoms with Crippen LogP contribution in [0.4, 0.5) is 13.2 Å². The van der Waals surface area contributed by atoms with E-state index in [1.807, 2.05) is 30.3 Å². The van der Waals surface area contributed by atoms with Gasteiger partial charge in [0.05, 0.1) is 18.9 Å². The van der Waals surface area contributed by atoms with Crippen LogP contribution in [0.3, 0.4) is 0 Å². The summed E-state index contributed by atoms with van der Waals surface area (Å²) >= 11 is 0. The highest BCUT2D eigenvalue weighted by molar-refractivity contribution is 7.86. The largest absolute Gasteiger partial charge is 0.493 e. The number of hydrogen-bond acceptors (Lipinski definition) is 5. The minimum Gasteiger partial charge on any atom is -0.493 e. The maximum Gasteiger partial charge on any atom is 0.417 e. The summed E-state index contributed by atoms with van der Waals surface area (Å²) in [4.78, 5) is 0. The fourth-order valence-electron chi connectivity index (χ4n) is 3.78. The standard InChI is InChI=1S/C28H23F3O5S/c1-34-27-17-22(11-15-26(27)35-18-19-6-4-3-5-7-19)24-14-10-21(16-25(24)28(29,30)31)20-8-12-23(13-9-20)36-37(2,32)33/h3-17H,18H2,1-2H3. The molecule has 37 heavy (non-hydrogen) atoms. The maximum absolute atomic E-state index is 14.1. The molecule has 4 aromatic rings. The number of ether oxygens (including phenoxy) is 2. The predicted molar refractivity (Wildman–Crippen MR) is 135 cm³/mol. The second-order valence-electron chi connectivity index (χ2n) is 8.21. The number of hydrogen-bond donors (Lipinski definition) is 0.